The van der Waals surface area contributed by atoms with Crippen molar-refractivity contribution in [3.05, 3.63) is 11.6 Å². The highest BCUT2D eigenvalue weighted by molar-refractivity contribution is 5.95. The second-order valence-corrected chi connectivity index (χ2v) is 4.93. The first-order valence-corrected chi connectivity index (χ1v) is 6.18. The van der Waals surface area contributed by atoms with Crippen LogP contribution in [-0.2, 0) is 14.3 Å². The highest BCUT2D eigenvalue weighted by Gasteiger charge is 2.47. The number of piperidine rings is 1. The molecule has 1 fully saturated rings. The molecule has 0 amide bonds. The van der Waals surface area contributed by atoms with Crippen LogP contribution in [0.1, 0.15) is 26.2 Å². The predicted octanol–water partition coefficient (Wildman–Crippen LogP) is 1.16. The van der Waals surface area contributed by atoms with E-state index in [0.29, 0.717) is 26.0 Å². The summed E-state index contributed by atoms with van der Waals surface area (Å²) >= 11 is 0. The maximum atomic E-state index is 12.2. The van der Waals surface area contributed by atoms with Crippen molar-refractivity contribution in [2.75, 3.05) is 26.7 Å². The molecule has 4 nitrogen and oxygen atoms in total. The van der Waals surface area contributed by atoms with E-state index in [1.807, 2.05) is 14.0 Å². The molecule has 17 heavy (non-hydrogen) atoms. The Hall–Kier alpha value is -1.16. The molecule has 0 aromatic heterocycles. The number of hydrogen-bond acceptors (Lipinski definition) is 4. The Morgan fingerprint density at radius 3 is 3.00 bits per heavy atom. The van der Waals surface area contributed by atoms with E-state index >= 15 is 0 Å². The lowest BCUT2D eigenvalue weighted by atomic mass is 9.68. The normalized spacial score (nSPS) is 29.5. The van der Waals surface area contributed by atoms with Crippen LogP contribution in [0.2, 0.25) is 0 Å². The number of fused-ring (bicyclic) bond motifs is 1. The van der Waals surface area contributed by atoms with Gasteiger partial charge < -0.3 is 9.64 Å². The molecule has 0 radical (unpaired) electrons. The maximum absolute atomic E-state index is 12.2. The van der Waals surface area contributed by atoms with Crippen molar-refractivity contribution in [1.29, 1.82) is 0 Å². The summed E-state index contributed by atoms with van der Waals surface area (Å²) in [6.45, 7) is 3.80. The van der Waals surface area contributed by atoms with Gasteiger partial charge >= 0.3 is 5.97 Å². The number of hydrogen-bond donors (Lipinski definition) is 0. The van der Waals surface area contributed by atoms with Crippen molar-refractivity contribution in [3.63, 3.8) is 0 Å². The zero-order chi connectivity index (χ0) is 12.5. The van der Waals surface area contributed by atoms with Gasteiger partial charge in [0, 0.05) is 13.0 Å². The number of nitrogens with zero attached hydrogens (tertiary/aromatic N) is 1. The molecule has 1 heterocycles. The van der Waals surface area contributed by atoms with Crippen molar-refractivity contribution in [1.82, 2.24) is 4.90 Å². The molecule has 1 aliphatic carbocycles. The van der Waals surface area contributed by atoms with Crippen LogP contribution >= 0.6 is 0 Å². The average molecular weight is 237 g/mol. The Morgan fingerprint density at radius 1 is 1.53 bits per heavy atom. The lowest BCUT2D eigenvalue weighted by Crippen LogP contribution is -2.47. The van der Waals surface area contributed by atoms with Gasteiger partial charge in [0.2, 0.25) is 0 Å². The number of likely N-dealkylation sites (tertiary alicyclic amines) is 1. The molecule has 0 aromatic carbocycles. The highest BCUT2D eigenvalue weighted by atomic mass is 16.5. The van der Waals surface area contributed by atoms with Crippen molar-refractivity contribution >= 4 is 11.8 Å². The number of likely N-dealkylation sites (N-methyl/N-ethyl adjacent to an activating group) is 1. The van der Waals surface area contributed by atoms with Gasteiger partial charge in [-0.3, -0.25) is 9.59 Å². The Labute approximate surface area is 102 Å². The summed E-state index contributed by atoms with van der Waals surface area (Å²) in [6.07, 6.45) is 3.51. The minimum atomic E-state index is -0.517. The fourth-order valence-electron chi connectivity index (χ4n) is 2.74. The number of esters is 1. The van der Waals surface area contributed by atoms with Crippen LogP contribution in [0.5, 0.6) is 0 Å². The van der Waals surface area contributed by atoms with Gasteiger partial charge in [0.25, 0.3) is 0 Å². The van der Waals surface area contributed by atoms with Gasteiger partial charge in [-0.2, -0.15) is 0 Å². The third kappa shape index (κ3) is 2.14. The summed E-state index contributed by atoms with van der Waals surface area (Å²) in [4.78, 5) is 25.8. The molecular formula is C13H19NO3. The predicted molar refractivity (Wildman–Crippen MR) is 63.5 cm³/mol. The van der Waals surface area contributed by atoms with E-state index in [1.165, 1.54) is 0 Å². The first-order chi connectivity index (χ1) is 8.08. The Kier molecular flexibility index (Phi) is 3.33. The Morgan fingerprint density at radius 2 is 2.29 bits per heavy atom. The lowest BCUT2D eigenvalue weighted by Gasteiger charge is -2.42. The molecule has 2 aliphatic rings. The van der Waals surface area contributed by atoms with E-state index in [1.54, 1.807) is 6.08 Å². The minimum absolute atomic E-state index is 0.134. The van der Waals surface area contributed by atoms with Crippen LogP contribution in [0.4, 0.5) is 0 Å². The van der Waals surface area contributed by atoms with Gasteiger partial charge in [-0.1, -0.05) is 0 Å². The zero-order valence-electron chi connectivity index (χ0n) is 10.5. The van der Waals surface area contributed by atoms with Crippen molar-refractivity contribution in [3.8, 4) is 0 Å². The number of carbonyl (C=O) groups excluding carboxylic acids is 2. The Bertz CT molecular complexity index is 375. The number of carbonyl (C=O) groups is 2. The summed E-state index contributed by atoms with van der Waals surface area (Å²) in [6, 6.07) is 0. The summed E-state index contributed by atoms with van der Waals surface area (Å²) in [5.74, 6) is -0.0120. The molecule has 1 aliphatic heterocycles. The zero-order valence-corrected chi connectivity index (χ0v) is 10.5. The molecule has 0 aromatic rings. The fraction of sp³-hybridized carbons (Fsp3) is 0.692. The average Bonchev–Trinajstić information content (AvgIpc) is 2.29. The van der Waals surface area contributed by atoms with E-state index in [9.17, 15) is 9.59 Å². The second-order valence-electron chi connectivity index (χ2n) is 4.93. The Balaban J connectivity index is 2.31. The van der Waals surface area contributed by atoms with Gasteiger partial charge in [-0.15, -0.1) is 0 Å². The molecule has 1 saturated heterocycles. The van der Waals surface area contributed by atoms with Gasteiger partial charge in [-0.05, 0) is 45.0 Å². The van der Waals surface area contributed by atoms with E-state index in [4.69, 9.17) is 4.74 Å². The number of rotatable bonds is 2. The van der Waals surface area contributed by atoms with Gasteiger partial charge in [-0.25, -0.2) is 0 Å². The maximum Gasteiger partial charge on any atom is 0.316 e. The van der Waals surface area contributed by atoms with Gasteiger partial charge in [0.1, 0.15) is 0 Å². The van der Waals surface area contributed by atoms with Crippen molar-refractivity contribution < 1.29 is 14.3 Å². The van der Waals surface area contributed by atoms with Gasteiger partial charge in [0.15, 0.2) is 5.78 Å². The molecular weight excluding hydrogens is 218 g/mol. The van der Waals surface area contributed by atoms with Crippen LogP contribution in [0, 0.1) is 5.41 Å². The summed E-state index contributed by atoms with van der Waals surface area (Å²) in [5.41, 5.74) is 0.428. The van der Waals surface area contributed by atoms with Crippen LogP contribution in [0.15, 0.2) is 11.6 Å². The van der Waals surface area contributed by atoms with Gasteiger partial charge in [0.05, 0.1) is 12.0 Å². The molecule has 4 heteroatoms. The third-order valence-electron chi connectivity index (χ3n) is 3.77. The van der Waals surface area contributed by atoms with Crippen LogP contribution in [-0.4, -0.2) is 43.4 Å². The third-order valence-corrected chi connectivity index (χ3v) is 3.77. The fourth-order valence-corrected chi connectivity index (χ4v) is 2.74. The van der Waals surface area contributed by atoms with Crippen molar-refractivity contribution in [2.24, 2.45) is 5.41 Å². The second kappa shape index (κ2) is 4.61. The molecule has 94 valence electrons. The first-order valence-electron chi connectivity index (χ1n) is 6.18. The van der Waals surface area contributed by atoms with Crippen molar-refractivity contribution in [2.45, 2.75) is 26.2 Å². The lowest BCUT2D eigenvalue weighted by molar-refractivity contribution is -0.155. The molecule has 2 rings (SSSR count). The standard InChI is InChI=1S/C13H19NO3/c1-3-17-12(16)13-5-4-11(15)8-10(13)9-14(2)7-6-13/h8H,3-7,9H2,1-2H3/t13-/m0/s1. The number of allylic oxidation sites excluding steroid dienone is 1. The van der Waals surface area contributed by atoms with E-state index in [0.717, 1.165) is 18.5 Å². The van der Waals surface area contributed by atoms with Crippen LogP contribution in [0.25, 0.3) is 0 Å². The summed E-state index contributed by atoms with van der Waals surface area (Å²) in [7, 11) is 2.01. The molecule has 1 atom stereocenters. The van der Waals surface area contributed by atoms with E-state index < -0.39 is 5.41 Å². The SMILES string of the molecule is CCOC(=O)[C@]12CCC(=O)C=C1CN(C)CC2. The number of ether oxygens (including phenoxy) is 1. The van der Waals surface area contributed by atoms with Crippen LogP contribution < -0.4 is 0 Å². The topological polar surface area (TPSA) is 46.6 Å². The molecule has 0 saturated carbocycles. The summed E-state index contributed by atoms with van der Waals surface area (Å²) in [5, 5.41) is 0. The summed E-state index contributed by atoms with van der Waals surface area (Å²) < 4.78 is 5.20. The quantitative estimate of drug-likeness (QED) is 0.676. The molecule has 0 unspecified atom stereocenters. The smallest absolute Gasteiger partial charge is 0.316 e. The number of ketones is 1. The van der Waals surface area contributed by atoms with E-state index in [-0.39, 0.29) is 11.8 Å². The molecule has 0 N–H and O–H groups in total. The van der Waals surface area contributed by atoms with Crippen LogP contribution in [0.3, 0.4) is 0 Å². The largest absolute Gasteiger partial charge is 0.465 e. The molecule has 0 spiro atoms. The highest BCUT2D eigenvalue weighted by Crippen LogP contribution is 2.43. The first kappa shape index (κ1) is 12.3. The molecule has 0 bridgehead atoms. The monoisotopic (exact) mass is 237 g/mol. The minimum Gasteiger partial charge on any atom is -0.465 e. The van der Waals surface area contributed by atoms with E-state index in [2.05, 4.69) is 4.90 Å².